The molecule has 0 saturated heterocycles. The van der Waals surface area contributed by atoms with Gasteiger partial charge in [0.05, 0.1) is 11.9 Å². The average Bonchev–Trinajstić information content (AvgIpc) is 1.92. The summed E-state index contributed by atoms with van der Waals surface area (Å²) in [6.45, 7) is 0. The summed E-state index contributed by atoms with van der Waals surface area (Å²) in [6.07, 6.45) is 1.23. The number of hydrogen-bond acceptors (Lipinski definition) is 3. The molecular formula is C7H8NNaO4P. The Balaban J connectivity index is 0.00000169. The van der Waals surface area contributed by atoms with Crippen LogP contribution in [-0.4, -0.2) is 63.2 Å². The van der Waals surface area contributed by atoms with E-state index in [0.29, 0.717) is 14.0 Å². The quantitative estimate of drug-likeness (QED) is 0.525. The van der Waals surface area contributed by atoms with Crippen molar-refractivity contribution in [3.05, 3.63) is 11.9 Å². The zero-order valence-electron chi connectivity index (χ0n) is 7.60. The van der Waals surface area contributed by atoms with E-state index in [2.05, 4.69) is 4.99 Å². The zero-order chi connectivity index (χ0) is 9.84. The van der Waals surface area contributed by atoms with Crippen LogP contribution in [-0.2, 0) is 9.59 Å². The number of aliphatic carboxylic acids is 2. The molecule has 1 heterocycles. The minimum absolute atomic E-state index is 0. The maximum absolute atomic E-state index is 10.5. The molecule has 0 aliphatic carbocycles. The Morgan fingerprint density at radius 1 is 1.50 bits per heavy atom. The molecule has 14 heavy (non-hydrogen) atoms. The summed E-state index contributed by atoms with van der Waals surface area (Å²) in [7, 11) is 0.407. The molecule has 2 N–H and O–H groups in total. The maximum atomic E-state index is 10.5. The molecule has 71 valence electrons. The van der Waals surface area contributed by atoms with Gasteiger partial charge in [0, 0.05) is 29.6 Å². The van der Waals surface area contributed by atoms with Crippen molar-refractivity contribution in [1.29, 1.82) is 0 Å². The largest absolute Gasteiger partial charge is 0.481 e. The van der Waals surface area contributed by atoms with E-state index in [9.17, 15) is 9.59 Å². The Bertz CT molecular complexity index is 302. The van der Waals surface area contributed by atoms with Gasteiger partial charge in [-0.2, -0.15) is 0 Å². The number of hydrogen-bond donors (Lipinski definition) is 2. The van der Waals surface area contributed by atoms with Crippen LogP contribution in [0.4, 0.5) is 0 Å². The van der Waals surface area contributed by atoms with Gasteiger partial charge in [0.15, 0.2) is 6.04 Å². The number of allylic oxidation sites excluding steroid dienone is 1. The molecular weight excluding hydrogens is 216 g/mol. The second-order valence-corrected chi connectivity index (χ2v) is 3.58. The van der Waals surface area contributed by atoms with Crippen LogP contribution in [0, 0.1) is 0 Å². The fourth-order valence-corrected chi connectivity index (χ4v) is 1.31. The third-order valence-electron chi connectivity index (χ3n) is 1.42. The number of rotatable bonds is 4. The van der Waals surface area contributed by atoms with Gasteiger partial charge in [0.2, 0.25) is 0 Å². The number of carbonyl (C=O) groups is 2. The molecule has 1 rings (SSSR count). The van der Waals surface area contributed by atoms with Gasteiger partial charge in [0.1, 0.15) is 0 Å². The number of nitrogens with zero attached hydrogens (tertiary/aromatic N) is 1. The number of aliphatic imine (C=N–C) groups is 1. The van der Waals surface area contributed by atoms with Crippen molar-refractivity contribution in [3.8, 4) is 0 Å². The first-order valence-electron chi connectivity index (χ1n) is 3.55. The van der Waals surface area contributed by atoms with Gasteiger partial charge >= 0.3 is 11.9 Å². The molecule has 0 aromatic rings. The fraction of sp³-hybridized carbons (Fsp3) is 0.286. The predicted molar refractivity (Wildman–Crippen MR) is 54.3 cm³/mol. The van der Waals surface area contributed by atoms with Gasteiger partial charge in [-0.3, -0.25) is 9.79 Å². The van der Waals surface area contributed by atoms with Gasteiger partial charge in [-0.15, -0.1) is 0 Å². The van der Waals surface area contributed by atoms with Gasteiger partial charge < -0.3 is 10.2 Å². The van der Waals surface area contributed by atoms with Crippen molar-refractivity contribution >= 4 is 55.5 Å². The Labute approximate surface area is 104 Å². The Hall–Kier alpha value is -0.220. The normalized spacial score (nSPS) is 19.9. The molecule has 7 heteroatoms. The standard InChI is InChI=1S/C7H8NO4P.Na/c9-6(10)3-4(7(11)12)8-5-1-2-13-5;/h1-2,4,13H,3H2,(H,9,10)(H,11,12);/t4-;/m0./s1. The molecule has 2 atom stereocenters. The summed E-state index contributed by atoms with van der Waals surface area (Å²) in [5, 5.41) is 17.0. The second kappa shape index (κ2) is 6.30. The van der Waals surface area contributed by atoms with Crippen molar-refractivity contribution < 1.29 is 19.8 Å². The van der Waals surface area contributed by atoms with Crippen LogP contribution in [0.2, 0.25) is 0 Å². The van der Waals surface area contributed by atoms with Crippen molar-refractivity contribution in [2.45, 2.75) is 12.5 Å². The minimum atomic E-state index is -1.19. The van der Waals surface area contributed by atoms with Gasteiger partial charge in [-0.1, -0.05) is 5.82 Å². The molecule has 0 amide bonds. The predicted octanol–water partition coefficient (Wildman–Crippen LogP) is 0.138. The van der Waals surface area contributed by atoms with Crippen LogP contribution in [0.15, 0.2) is 16.9 Å². The van der Waals surface area contributed by atoms with E-state index in [-0.39, 0.29) is 29.6 Å². The second-order valence-electron chi connectivity index (χ2n) is 2.44. The molecule has 0 aromatic heterocycles. The van der Waals surface area contributed by atoms with Crippen LogP contribution >= 0.6 is 8.58 Å². The Morgan fingerprint density at radius 2 is 2.07 bits per heavy atom. The molecule has 1 aliphatic rings. The van der Waals surface area contributed by atoms with Crippen LogP contribution in [0.5, 0.6) is 0 Å². The summed E-state index contributed by atoms with van der Waals surface area (Å²) >= 11 is 0. The zero-order valence-corrected chi connectivity index (χ0v) is 10.6. The van der Waals surface area contributed by atoms with Crippen molar-refractivity contribution in [3.63, 3.8) is 0 Å². The van der Waals surface area contributed by atoms with Crippen LogP contribution < -0.4 is 0 Å². The van der Waals surface area contributed by atoms with Crippen molar-refractivity contribution in [2.75, 3.05) is 0 Å². The molecule has 0 saturated carbocycles. The van der Waals surface area contributed by atoms with E-state index in [1.165, 1.54) is 0 Å². The number of carboxylic acid groups (broad SMARTS) is 2. The number of carboxylic acids is 2. The van der Waals surface area contributed by atoms with Crippen LogP contribution in [0.3, 0.4) is 0 Å². The third kappa shape index (κ3) is 4.33. The van der Waals surface area contributed by atoms with Gasteiger partial charge in [0.25, 0.3) is 0 Å². The minimum Gasteiger partial charge on any atom is -0.481 e. The van der Waals surface area contributed by atoms with E-state index >= 15 is 0 Å². The molecule has 1 radical (unpaired) electrons. The van der Waals surface area contributed by atoms with Crippen molar-refractivity contribution in [1.82, 2.24) is 0 Å². The first-order valence-corrected chi connectivity index (χ1v) is 4.63. The molecule has 0 fully saturated rings. The van der Waals surface area contributed by atoms with Gasteiger partial charge in [-0.05, 0) is 14.7 Å². The van der Waals surface area contributed by atoms with Gasteiger partial charge in [-0.25, -0.2) is 4.79 Å². The topological polar surface area (TPSA) is 87.0 Å². The first kappa shape index (κ1) is 13.8. The molecule has 5 nitrogen and oxygen atoms in total. The van der Waals surface area contributed by atoms with E-state index in [1.54, 1.807) is 6.08 Å². The molecule has 1 aliphatic heterocycles. The van der Waals surface area contributed by atoms with E-state index in [1.807, 2.05) is 5.82 Å². The SMILES string of the molecule is O=C(O)C[C@H](N=C1C=CP1)C(=O)O.[Na]. The Morgan fingerprint density at radius 3 is 2.36 bits per heavy atom. The summed E-state index contributed by atoms with van der Waals surface area (Å²) < 4.78 is 0. The first-order chi connectivity index (χ1) is 6.09. The molecule has 0 spiro atoms. The molecule has 1 unspecified atom stereocenters. The smallest absolute Gasteiger partial charge is 0.329 e. The molecule has 0 bridgehead atoms. The monoisotopic (exact) mass is 224 g/mol. The third-order valence-corrected chi connectivity index (χ3v) is 2.35. The average molecular weight is 224 g/mol. The summed E-state index contributed by atoms with van der Waals surface area (Å²) in [5.74, 6) is -0.484. The van der Waals surface area contributed by atoms with Crippen molar-refractivity contribution in [2.24, 2.45) is 4.99 Å². The summed E-state index contributed by atoms with van der Waals surface area (Å²) in [4.78, 5) is 24.6. The summed E-state index contributed by atoms with van der Waals surface area (Å²) in [6, 6.07) is -1.15. The van der Waals surface area contributed by atoms with E-state index in [4.69, 9.17) is 10.2 Å². The maximum Gasteiger partial charge on any atom is 0.329 e. The van der Waals surface area contributed by atoms with E-state index < -0.39 is 24.4 Å². The van der Waals surface area contributed by atoms with E-state index in [0.717, 1.165) is 0 Å². The fourth-order valence-electron chi connectivity index (χ4n) is 0.760. The summed E-state index contributed by atoms with van der Waals surface area (Å²) in [5.41, 5.74) is 0.675. The molecule has 0 aromatic carbocycles. The van der Waals surface area contributed by atoms with Crippen LogP contribution in [0.1, 0.15) is 6.42 Å². The van der Waals surface area contributed by atoms with Crippen LogP contribution in [0.25, 0.3) is 0 Å². The Kier molecular flexibility index (Phi) is 6.20.